The van der Waals surface area contributed by atoms with Gasteiger partial charge in [0, 0.05) is 12.7 Å². The molecule has 1 aliphatic carbocycles. The molecule has 214 valence electrons. The third-order valence-corrected chi connectivity index (χ3v) is 6.24. The molecular weight excluding hydrogens is 476 g/mol. The lowest BCUT2D eigenvalue weighted by atomic mass is 9.94. The molecule has 0 bridgehead atoms. The maximum Gasteiger partial charge on any atom is 0.245 e. The van der Waals surface area contributed by atoms with Gasteiger partial charge < -0.3 is 31.3 Å². The van der Waals surface area contributed by atoms with Crippen LogP contribution in [0.4, 0.5) is 0 Å². The van der Waals surface area contributed by atoms with Crippen molar-refractivity contribution in [3.63, 3.8) is 0 Å². The number of allylic oxidation sites excluding steroid dienone is 7. The van der Waals surface area contributed by atoms with Gasteiger partial charge in [0.2, 0.25) is 12.3 Å². The summed E-state index contributed by atoms with van der Waals surface area (Å²) in [5.74, 6) is 0.799. The number of amides is 1. The first-order valence-electron chi connectivity index (χ1n) is 14.2. The highest BCUT2D eigenvalue weighted by atomic mass is 16.5. The molecule has 2 aliphatic rings. The zero-order valence-electron chi connectivity index (χ0n) is 24.3. The fraction of sp³-hybridized carbons (Fsp3) is 0.600. The molecule has 2 rings (SSSR count). The number of nitrogens with two attached hydrogens (primary N) is 1. The van der Waals surface area contributed by atoms with Crippen LogP contribution < -0.4 is 21.7 Å². The lowest BCUT2D eigenvalue weighted by Gasteiger charge is -2.25. The molecule has 2 unspecified atom stereocenters. The van der Waals surface area contributed by atoms with Crippen molar-refractivity contribution >= 4 is 12.2 Å². The van der Waals surface area contributed by atoms with Crippen LogP contribution in [0.25, 0.3) is 0 Å². The summed E-state index contributed by atoms with van der Waals surface area (Å²) in [4.78, 5) is 17.6. The van der Waals surface area contributed by atoms with Gasteiger partial charge >= 0.3 is 0 Å². The Bertz CT molecular complexity index is 844. The summed E-state index contributed by atoms with van der Waals surface area (Å²) in [5.41, 5.74) is 8.45. The molecule has 0 saturated heterocycles. The molecule has 0 radical (unpaired) electrons. The zero-order chi connectivity index (χ0) is 28.0. The van der Waals surface area contributed by atoms with Crippen molar-refractivity contribution in [2.45, 2.75) is 79.5 Å². The Labute approximate surface area is 231 Å². The number of unbranched alkanes of at least 4 members (excludes halogenated alkanes) is 2. The molecular formula is C30H52N6O2. The van der Waals surface area contributed by atoms with Crippen LogP contribution in [0.3, 0.4) is 0 Å². The van der Waals surface area contributed by atoms with Crippen molar-refractivity contribution in [1.29, 1.82) is 0 Å². The second-order valence-corrected chi connectivity index (χ2v) is 9.57. The number of nitrogens with zero attached hydrogens (tertiary/aromatic N) is 2. The zero-order valence-corrected chi connectivity index (χ0v) is 24.3. The number of hydrogen-bond donors (Lipinski definition) is 4. The number of nitrogens with one attached hydrogen (secondary N) is 3. The van der Waals surface area contributed by atoms with E-state index in [-0.39, 0.29) is 12.5 Å². The van der Waals surface area contributed by atoms with Crippen LogP contribution in [0.5, 0.6) is 0 Å². The fourth-order valence-corrected chi connectivity index (χ4v) is 3.69. The molecule has 0 aromatic carbocycles. The van der Waals surface area contributed by atoms with Crippen molar-refractivity contribution in [3.05, 3.63) is 59.6 Å². The van der Waals surface area contributed by atoms with Crippen LogP contribution in [-0.2, 0) is 9.53 Å². The minimum absolute atomic E-state index is 0.0540. The molecule has 8 heteroatoms. The van der Waals surface area contributed by atoms with Gasteiger partial charge in [0.15, 0.2) is 0 Å². The fourth-order valence-electron chi connectivity index (χ4n) is 3.69. The van der Waals surface area contributed by atoms with E-state index in [4.69, 9.17) is 10.5 Å². The molecule has 0 aromatic heterocycles. The van der Waals surface area contributed by atoms with E-state index < -0.39 is 6.35 Å². The number of ether oxygens (including phenoxy) is 1. The normalized spacial score (nSPS) is 21.5. The highest BCUT2D eigenvalue weighted by Crippen LogP contribution is 2.20. The monoisotopic (exact) mass is 528 g/mol. The third-order valence-electron chi connectivity index (χ3n) is 6.24. The highest BCUT2D eigenvalue weighted by Gasteiger charge is 2.12. The molecule has 1 aliphatic heterocycles. The van der Waals surface area contributed by atoms with E-state index >= 15 is 0 Å². The highest BCUT2D eigenvalue weighted by molar-refractivity contribution is 5.80. The summed E-state index contributed by atoms with van der Waals surface area (Å²) in [6.45, 7) is 15.2. The molecule has 5 N–H and O–H groups in total. The van der Waals surface area contributed by atoms with Crippen molar-refractivity contribution in [2.75, 3.05) is 32.8 Å². The van der Waals surface area contributed by atoms with Crippen molar-refractivity contribution in [3.8, 4) is 0 Å². The Balaban J connectivity index is 0.000000389. The van der Waals surface area contributed by atoms with Gasteiger partial charge in [-0.3, -0.25) is 9.79 Å². The molecule has 0 spiro atoms. The molecule has 0 aromatic rings. The summed E-state index contributed by atoms with van der Waals surface area (Å²) in [6.07, 6.45) is 23.1. The summed E-state index contributed by atoms with van der Waals surface area (Å²) in [7, 11) is 0. The second-order valence-electron chi connectivity index (χ2n) is 9.57. The first-order chi connectivity index (χ1) is 18.4. The van der Waals surface area contributed by atoms with E-state index in [0.29, 0.717) is 18.3 Å². The van der Waals surface area contributed by atoms with Gasteiger partial charge in [-0.2, -0.15) is 0 Å². The van der Waals surface area contributed by atoms with E-state index in [1.165, 1.54) is 62.6 Å². The number of aliphatic imine (C=N–C) groups is 1. The molecule has 1 amide bonds. The first kappa shape index (κ1) is 33.2. The first-order valence-corrected chi connectivity index (χ1v) is 14.2. The van der Waals surface area contributed by atoms with Gasteiger partial charge in [0.05, 0.1) is 12.9 Å². The Morgan fingerprint density at radius 3 is 2.71 bits per heavy atom. The lowest BCUT2D eigenvalue weighted by molar-refractivity contribution is -0.118. The van der Waals surface area contributed by atoms with E-state index in [1.807, 2.05) is 0 Å². The third kappa shape index (κ3) is 16.1. The number of hydrogen-bond acceptors (Lipinski definition) is 7. The van der Waals surface area contributed by atoms with Crippen molar-refractivity contribution < 1.29 is 9.53 Å². The smallest absolute Gasteiger partial charge is 0.245 e. The van der Waals surface area contributed by atoms with E-state index in [1.54, 1.807) is 0 Å². The van der Waals surface area contributed by atoms with E-state index in [2.05, 4.69) is 96.9 Å². The van der Waals surface area contributed by atoms with Crippen LogP contribution in [0.2, 0.25) is 0 Å². The van der Waals surface area contributed by atoms with Gasteiger partial charge in [-0.1, -0.05) is 75.6 Å². The largest absolute Gasteiger partial charge is 0.384 e. The molecule has 1 heterocycles. The molecule has 2 atom stereocenters. The van der Waals surface area contributed by atoms with Gasteiger partial charge in [0.1, 0.15) is 12.4 Å². The standard InChI is InChI=1S/C20H33N.C10H19N5O2/c1-5-8-16-21(7-3)17-20-14-12-19(13-15-20)11-9-10-18(4)6-2;1-2-3-4-17-10-14-7-12-6-9(16)13-5-8(11)15-10/h6,9-10,12-14,20H,5,7-8,11,15-17H2,1-4H3;5,7,10,15H,2-4,6,11H2,1H3,(H,12,14)(H,13,16)/b10-9-,18-6-;8-5+. The Morgan fingerprint density at radius 2 is 2.05 bits per heavy atom. The summed E-state index contributed by atoms with van der Waals surface area (Å²) < 4.78 is 5.51. The SMILES string of the molecule is C/C=C(C)\C=C/CC1=CCC(CN(CC)CCCC)C=C1.CCCCOC1NC=NCC(=O)N/C=C(\N)N1. The van der Waals surface area contributed by atoms with E-state index in [9.17, 15) is 4.79 Å². The maximum absolute atomic E-state index is 11.1. The minimum atomic E-state index is -0.448. The molecule has 8 nitrogen and oxygen atoms in total. The topological polar surface area (TPSA) is 104 Å². The number of carbonyl (C=O) groups excluding carboxylic acids is 1. The predicted molar refractivity (Wildman–Crippen MR) is 160 cm³/mol. The van der Waals surface area contributed by atoms with Crippen LogP contribution in [0.15, 0.2) is 64.6 Å². The average molecular weight is 529 g/mol. The van der Waals surface area contributed by atoms with Gasteiger partial charge in [-0.05, 0) is 64.1 Å². The molecule has 38 heavy (non-hydrogen) atoms. The van der Waals surface area contributed by atoms with E-state index in [0.717, 1.165) is 19.3 Å². The quantitative estimate of drug-likeness (QED) is 0.204. The minimum Gasteiger partial charge on any atom is -0.384 e. The van der Waals surface area contributed by atoms with Gasteiger partial charge in [-0.25, -0.2) is 0 Å². The molecule has 0 fully saturated rings. The van der Waals surface area contributed by atoms with Crippen LogP contribution >= 0.6 is 0 Å². The number of carbonyl (C=O) groups is 1. The number of rotatable bonds is 13. The Morgan fingerprint density at radius 1 is 1.26 bits per heavy atom. The maximum atomic E-state index is 11.1. The lowest BCUT2D eigenvalue weighted by Crippen LogP contribution is -2.46. The van der Waals surface area contributed by atoms with Crippen molar-refractivity contribution in [2.24, 2.45) is 16.6 Å². The van der Waals surface area contributed by atoms with Crippen LogP contribution in [0.1, 0.15) is 73.1 Å². The second kappa shape index (κ2) is 21.1. The average Bonchev–Trinajstić information content (AvgIpc) is 2.93. The van der Waals surface area contributed by atoms with Gasteiger partial charge in [-0.15, -0.1) is 0 Å². The van der Waals surface area contributed by atoms with Crippen LogP contribution in [-0.4, -0.2) is 56.3 Å². The summed E-state index contributed by atoms with van der Waals surface area (Å²) in [5, 5.41) is 8.24. The van der Waals surface area contributed by atoms with Crippen molar-refractivity contribution in [1.82, 2.24) is 20.9 Å². The summed E-state index contributed by atoms with van der Waals surface area (Å²) in [6, 6.07) is 0. The van der Waals surface area contributed by atoms with Crippen LogP contribution in [0, 0.1) is 5.92 Å². The summed E-state index contributed by atoms with van der Waals surface area (Å²) >= 11 is 0. The predicted octanol–water partition coefficient (Wildman–Crippen LogP) is 4.71. The molecule has 0 saturated carbocycles. The van der Waals surface area contributed by atoms with Gasteiger partial charge in [0.25, 0.3) is 0 Å². The Hall–Kier alpha value is -2.84. The Kier molecular flexibility index (Phi) is 18.5.